The maximum absolute atomic E-state index is 12.7. The number of hydrogen-bond donors (Lipinski definition) is 0. The number of hydrogen-bond acceptors (Lipinski definition) is 5. The Bertz CT molecular complexity index is 1100. The van der Waals surface area contributed by atoms with E-state index in [0.717, 1.165) is 24.6 Å². The van der Waals surface area contributed by atoms with E-state index in [9.17, 15) is 9.59 Å². The summed E-state index contributed by atoms with van der Waals surface area (Å²) < 4.78 is 16.6. The zero-order valence-corrected chi connectivity index (χ0v) is 16.6. The van der Waals surface area contributed by atoms with Crippen molar-refractivity contribution in [1.82, 2.24) is 0 Å². The SMILES string of the molecule is COc1ccc(C(=O)O[C@H]2CCC[C@H](C)C2)cc1-c1cc2ccccc2oc1=O. The fraction of sp³-hybridized carbons (Fsp3) is 0.333. The first-order chi connectivity index (χ1) is 14.0. The monoisotopic (exact) mass is 392 g/mol. The van der Waals surface area contributed by atoms with Crippen molar-refractivity contribution in [3.63, 3.8) is 0 Å². The third-order valence-corrected chi connectivity index (χ3v) is 5.53. The second kappa shape index (κ2) is 8.11. The number of fused-ring (bicyclic) bond motifs is 1. The number of para-hydroxylation sites is 1. The van der Waals surface area contributed by atoms with Gasteiger partial charge in [0.1, 0.15) is 17.4 Å². The number of carbonyl (C=O) groups excluding carboxylic acids is 1. The van der Waals surface area contributed by atoms with E-state index in [0.29, 0.717) is 33.9 Å². The van der Waals surface area contributed by atoms with Crippen molar-refractivity contribution >= 4 is 16.9 Å². The van der Waals surface area contributed by atoms with Crippen LogP contribution < -0.4 is 10.4 Å². The van der Waals surface area contributed by atoms with Crippen molar-refractivity contribution in [2.75, 3.05) is 7.11 Å². The summed E-state index contributed by atoms with van der Waals surface area (Å²) in [6, 6.07) is 14.1. The van der Waals surface area contributed by atoms with Crippen molar-refractivity contribution in [2.24, 2.45) is 5.92 Å². The van der Waals surface area contributed by atoms with Crippen molar-refractivity contribution in [3.8, 4) is 16.9 Å². The number of esters is 1. The van der Waals surface area contributed by atoms with Gasteiger partial charge in [0.15, 0.2) is 0 Å². The lowest BCUT2D eigenvalue weighted by molar-refractivity contribution is 0.0155. The van der Waals surface area contributed by atoms with Crippen molar-refractivity contribution < 1.29 is 18.7 Å². The molecule has 1 aromatic heterocycles. The average Bonchev–Trinajstić information content (AvgIpc) is 2.72. The van der Waals surface area contributed by atoms with Crippen LogP contribution in [0.15, 0.2) is 57.7 Å². The molecule has 0 spiro atoms. The van der Waals surface area contributed by atoms with Gasteiger partial charge in [-0.1, -0.05) is 31.5 Å². The predicted molar refractivity (Wildman–Crippen MR) is 111 cm³/mol. The molecule has 1 aliphatic rings. The van der Waals surface area contributed by atoms with Crippen molar-refractivity contribution in [1.29, 1.82) is 0 Å². The summed E-state index contributed by atoms with van der Waals surface area (Å²) in [6.07, 6.45) is 3.99. The number of rotatable bonds is 4. The summed E-state index contributed by atoms with van der Waals surface area (Å²) in [4.78, 5) is 25.3. The van der Waals surface area contributed by atoms with E-state index in [1.165, 1.54) is 13.5 Å². The highest BCUT2D eigenvalue weighted by molar-refractivity contribution is 5.92. The van der Waals surface area contributed by atoms with E-state index >= 15 is 0 Å². The molecule has 5 heteroatoms. The summed E-state index contributed by atoms with van der Waals surface area (Å²) in [7, 11) is 1.53. The molecule has 2 aromatic carbocycles. The van der Waals surface area contributed by atoms with Crippen LogP contribution in [-0.2, 0) is 4.74 Å². The Balaban J connectivity index is 1.70. The first-order valence-electron chi connectivity index (χ1n) is 9.97. The molecular weight excluding hydrogens is 368 g/mol. The Kier molecular flexibility index (Phi) is 5.38. The largest absolute Gasteiger partial charge is 0.496 e. The van der Waals surface area contributed by atoms with Gasteiger partial charge in [0.2, 0.25) is 0 Å². The highest BCUT2D eigenvalue weighted by Crippen LogP contribution is 2.32. The molecule has 1 saturated carbocycles. The van der Waals surface area contributed by atoms with Gasteiger partial charge in [-0.25, -0.2) is 9.59 Å². The summed E-state index contributed by atoms with van der Waals surface area (Å²) in [5.41, 5.74) is 1.29. The number of carbonyl (C=O) groups is 1. The molecule has 0 unspecified atom stereocenters. The molecular formula is C24H24O5. The van der Waals surface area contributed by atoms with Gasteiger partial charge >= 0.3 is 11.6 Å². The number of methoxy groups -OCH3 is 1. The molecule has 0 aliphatic heterocycles. The van der Waals surface area contributed by atoms with Gasteiger partial charge in [0.25, 0.3) is 0 Å². The lowest BCUT2D eigenvalue weighted by atomic mass is 9.89. The van der Waals surface area contributed by atoms with Gasteiger partial charge in [-0.05, 0) is 55.5 Å². The minimum atomic E-state index is -0.478. The highest BCUT2D eigenvalue weighted by Gasteiger charge is 2.24. The highest BCUT2D eigenvalue weighted by atomic mass is 16.5. The minimum absolute atomic E-state index is 0.0532. The third kappa shape index (κ3) is 4.04. The average molecular weight is 392 g/mol. The van der Waals surface area contributed by atoms with Gasteiger partial charge in [-0.15, -0.1) is 0 Å². The van der Waals surface area contributed by atoms with Crippen LogP contribution >= 0.6 is 0 Å². The van der Waals surface area contributed by atoms with Gasteiger partial charge in [0, 0.05) is 10.9 Å². The second-order valence-electron chi connectivity index (χ2n) is 7.70. The normalized spacial score (nSPS) is 19.1. The molecule has 3 aromatic rings. The molecule has 4 rings (SSSR count). The first kappa shape index (κ1) is 19.2. The van der Waals surface area contributed by atoms with Crippen LogP contribution in [0.2, 0.25) is 0 Å². The van der Waals surface area contributed by atoms with E-state index in [1.807, 2.05) is 18.2 Å². The van der Waals surface area contributed by atoms with Gasteiger partial charge in [-0.3, -0.25) is 0 Å². The number of benzene rings is 2. The molecule has 1 fully saturated rings. The minimum Gasteiger partial charge on any atom is -0.496 e. The molecule has 150 valence electrons. The van der Waals surface area contributed by atoms with Crippen LogP contribution in [0.1, 0.15) is 43.0 Å². The first-order valence-corrected chi connectivity index (χ1v) is 9.97. The lowest BCUT2D eigenvalue weighted by Gasteiger charge is -2.26. The molecule has 1 aliphatic carbocycles. The maximum atomic E-state index is 12.7. The van der Waals surface area contributed by atoms with Crippen LogP contribution in [0.3, 0.4) is 0 Å². The van der Waals surface area contributed by atoms with Crippen LogP contribution in [0.25, 0.3) is 22.1 Å². The molecule has 2 atom stereocenters. The lowest BCUT2D eigenvalue weighted by Crippen LogP contribution is -2.24. The van der Waals surface area contributed by atoms with Crippen LogP contribution in [0, 0.1) is 5.92 Å². The smallest absolute Gasteiger partial charge is 0.344 e. The summed E-state index contributed by atoms with van der Waals surface area (Å²) in [5, 5.41) is 0.799. The van der Waals surface area contributed by atoms with E-state index in [4.69, 9.17) is 13.9 Å². The Labute approximate surface area is 169 Å². The molecule has 0 bridgehead atoms. The number of ether oxygens (including phenoxy) is 2. The van der Waals surface area contributed by atoms with E-state index in [-0.39, 0.29) is 12.1 Å². The van der Waals surface area contributed by atoms with Crippen LogP contribution in [-0.4, -0.2) is 19.2 Å². The fourth-order valence-electron chi connectivity index (χ4n) is 4.00. The van der Waals surface area contributed by atoms with E-state index in [2.05, 4.69) is 6.92 Å². The molecule has 0 amide bonds. The quantitative estimate of drug-likeness (QED) is 0.451. The van der Waals surface area contributed by atoms with Gasteiger partial charge in [0.05, 0.1) is 18.2 Å². The van der Waals surface area contributed by atoms with Crippen molar-refractivity contribution in [3.05, 3.63) is 64.5 Å². The second-order valence-corrected chi connectivity index (χ2v) is 7.70. The third-order valence-electron chi connectivity index (χ3n) is 5.53. The van der Waals surface area contributed by atoms with Crippen LogP contribution in [0.4, 0.5) is 0 Å². The molecule has 1 heterocycles. The topological polar surface area (TPSA) is 65.7 Å². The Morgan fingerprint density at radius 3 is 2.69 bits per heavy atom. The molecule has 0 saturated heterocycles. The fourth-order valence-corrected chi connectivity index (χ4v) is 4.00. The van der Waals surface area contributed by atoms with Crippen LogP contribution in [0.5, 0.6) is 5.75 Å². The predicted octanol–water partition coefficient (Wildman–Crippen LogP) is 5.20. The zero-order chi connectivity index (χ0) is 20.4. The van der Waals surface area contributed by atoms with Gasteiger partial charge < -0.3 is 13.9 Å². The van der Waals surface area contributed by atoms with E-state index < -0.39 is 5.63 Å². The summed E-state index contributed by atoms with van der Waals surface area (Å²) in [5.74, 6) is 0.684. The maximum Gasteiger partial charge on any atom is 0.344 e. The molecule has 5 nitrogen and oxygen atoms in total. The standard InChI is InChI=1S/C24H24O5/c1-15-6-5-8-18(12-15)28-23(25)17-10-11-22(27-2)19(14-17)20-13-16-7-3-4-9-21(16)29-24(20)26/h3-4,7,9-11,13-15,18H,5-6,8,12H2,1-2H3/t15-,18-/m0/s1. The zero-order valence-electron chi connectivity index (χ0n) is 16.6. The molecule has 29 heavy (non-hydrogen) atoms. The van der Waals surface area contributed by atoms with Gasteiger partial charge in [-0.2, -0.15) is 0 Å². The Morgan fingerprint density at radius 2 is 1.90 bits per heavy atom. The van der Waals surface area contributed by atoms with Crippen molar-refractivity contribution in [2.45, 2.75) is 38.7 Å². The molecule has 0 radical (unpaired) electrons. The van der Waals surface area contributed by atoms with E-state index in [1.54, 1.807) is 30.3 Å². The Hall–Kier alpha value is -3.08. The summed E-state index contributed by atoms with van der Waals surface area (Å²) in [6.45, 7) is 2.19. The molecule has 0 N–H and O–H groups in total. The summed E-state index contributed by atoms with van der Waals surface area (Å²) >= 11 is 0. The Morgan fingerprint density at radius 1 is 1.07 bits per heavy atom.